The van der Waals surface area contributed by atoms with Crippen molar-refractivity contribution in [1.82, 2.24) is 19.9 Å². The average Bonchev–Trinajstić information content (AvgIpc) is 2.74. The summed E-state index contributed by atoms with van der Waals surface area (Å²) in [4.78, 5) is 25.5. The van der Waals surface area contributed by atoms with Crippen molar-refractivity contribution in [3.63, 3.8) is 0 Å². The van der Waals surface area contributed by atoms with Crippen LogP contribution in [0.2, 0.25) is 0 Å². The zero-order chi connectivity index (χ0) is 21.3. The topological polar surface area (TPSA) is 120 Å². The average molecular weight is 421 g/mol. The number of H-pyrrole nitrogens is 1. The number of aromatic nitrogens is 3. The molecule has 0 saturated carbocycles. The summed E-state index contributed by atoms with van der Waals surface area (Å²) in [6.45, 7) is 1.67. The third-order valence-electron chi connectivity index (χ3n) is 5.00. The summed E-state index contributed by atoms with van der Waals surface area (Å²) in [5, 5.41) is 8.77. The van der Waals surface area contributed by atoms with Gasteiger partial charge in [0.15, 0.2) is 0 Å². The second kappa shape index (κ2) is 7.82. The molecule has 0 spiro atoms. The lowest BCUT2D eigenvalue weighted by molar-refractivity contribution is 0.240. The Morgan fingerprint density at radius 1 is 1.27 bits per heavy atom. The number of aromatic amines is 1. The third-order valence-corrected chi connectivity index (χ3v) is 5.89. The molecule has 1 N–H and O–H groups in total. The molecule has 4 rings (SSSR count). The molecule has 0 amide bonds. The van der Waals surface area contributed by atoms with Gasteiger partial charge in [0.2, 0.25) is 15.0 Å². The van der Waals surface area contributed by atoms with E-state index in [1.807, 2.05) is 24.3 Å². The fraction of sp³-hybridized carbons (Fsp3) is 0.238. The van der Waals surface area contributed by atoms with Crippen LogP contribution in [-0.2, 0) is 29.3 Å². The van der Waals surface area contributed by atoms with Crippen LogP contribution in [0.5, 0.6) is 0 Å². The summed E-state index contributed by atoms with van der Waals surface area (Å²) in [7, 11) is -3.56. The van der Waals surface area contributed by atoms with E-state index in [1.165, 1.54) is 0 Å². The molecule has 30 heavy (non-hydrogen) atoms. The van der Waals surface area contributed by atoms with Crippen molar-refractivity contribution < 1.29 is 8.42 Å². The molecule has 3 heterocycles. The largest absolute Gasteiger partial charge is 0.297 e. The quantitative estimate of drug-likeness (QED) is 0.636. The Bertz CT molecular complexity index is 1310. The van der Waals surface area contributed by atoms with Crippen molar-refractivity contribution in [3.05, 3.63) is 75.3 Å². The number of pyridine rings is 1. The van der Waals surface area contributed by atoms with Gasteiger partial charge < -0.3 is 0 Å². The Balaban J connectivity index is 1.50. The van der Waals surface area contributed by atoms with Crippen molar-refractivity contribution in [1.29, 1.82) is 5.26 Å². The fourth-order valence-corrected chi connectivity index (χ4v) is 4.02. The van der Waals surface area contributed by atoms with Gasteiger partial charge in [-0.3, -0.25) is 19.7 Å². The highest BCUT2D eigenvalue weighted by Crippen LogP contribution is 2.20. The second-order valence-electron chi connectivity index (χ2n) is 7.27. The molecule has 1 aliphatic heterocycles. The zero-order valence-corrected chi connectivity index (χ0v) is 17.1. The molecule has 0 saturated heterocycles. The Morgan fingerprint density at radius 2 is 2.10 bits per heavy atom. The van der Waals surface area contributed by atoms with Crippen LogP contribution < -0.4 is 5.56 Å². The molecule has 0 unspecified atom stereocenters. The molecule has 1 aromatic carbocycles. The van der Waals surface area contributed by atoms with Crippen molar-refractivity contribution in [2.75, 3.05) is 12.8 Å². The van der Waals surface area contributed by atoms with E-state index in [4.69, 9.17) is 5.26 Å². The molecule has 1 aliphatic rings. The normalized spacial score (nSPS) is 14.1. The van der Waals surface area contributed by atoms with Crippen LogP contribution in [0.1, 0.15) is 22.4 Å². The van der Waals surface area contributed by atoms with Gasteiger partial charge in [0.05, 0.1) is 28.6 Å². The van der Waals surface area contributed by atoms with E-state index in [0.717, 1.165) is 23.1 Å². The maximum absolute atomic E-state index is 12.4. The van der Waals surface area contributed by atoms with E-state index < -0.39 is 15.4 Å². The molecule has 2 aromatic heterocycles. The highest BCUT2D eigenvalue weighted by Gasteiger charge is 2.23. The summed E-state index contributed by atoms with van der Waals surface area (Å²) in [5.41, 5.74) is 3.89. The van der Waals surface area contributed by atoms with Gasteiger partial charge in [0, 0.05) is 44.1 Å². The van der Waals surface area contributed by atoms with Gasteiger partial charge in [-0.05, 0) is 23.8 Å². The number of hydrogen-bond donors (Lipinski definition) is 1. The molecule has 0 aliphatic carbocycles. The second-order valence-corrected chi connectivity index (χ2v) is 9.20. The Labute approximate surface area is 173 Å². The number of sulfone groups is 1. The molecular formula is C21H19N5O3S. The maximum atomic E-state index is 12.4. The first-order chi connectivity index (χ1) is 14.3. The van der Waals surface area contributed by atoms with Gasteiger partial charge in [0.25, 0.3) is 5.56 Å². The van der Waals surface area contributed by atoms with Crippen LogP contribution in [0.3, 0.4) is 0 Å². The van der Waals surface area contributed by atoms with Crippen LogP contribution >= 0.6 is 0 Å². The van der Waals surface area contributed by atoms with Gasteiger partial charge in [-0.2, -0.15) is 5.26 Å². The fourth-order valence-electron chi connectivity index (χ4n) is 3.46. The number of nitrogens with one attached hydrogen (secondary N) is 1. The molecule has 0 atom stereocenters. The first-order valence-corrected chi connectivity index (χ1v) is 11.2. The third kappa shape index (κ3) is 4.15. The lowest BCUT2D eigenvalue weighted by Gasteiger charge is -2.27. The van der Waals surface area contributed by atoms with E-state index in [2.05, 4.69) is 25.9 Å². The molecular weight excluding hydrogens is 402 g/mol. The van der Waals surface area contributed by atoms with E-state index in [9.17, 15) is 13.2 Å². The van der Waals surface area contributed by atoms with E-state index in [1.54, 1.807) is 18.3 Å². The van der Waals surface area contributed by atoms with Gasteiger partial charge in [0.1, 0.15) is 0 Å². The van der Waals surface area contributed by atoms with Gasteiger partial charge in [-0.1, -0.05) is 18.2 Å². The SMILES string of the molecule is CS(=O)(=O)c1nc2c(c(=O)[nH]1)CN(Cc1ccc(-c3cccc(C#N)c3)nc1)CC2. The number of nitrogens with zero attached hydrogens (tertiary/aromatic N) is 4. The summed E-state index contributed by atoms with van der Waals surface area (Å²) in [6, 6.07) is 13.3. The van der Waals surface area contributed by atoms with Crippen LogP contribution in [0.4, 0.5) is 0 Å². The Hall–Kier alpha value is -3.35. The van der Waals surface area contributed by atoms with Crippen LogP contribution in [0.15, 0.2) is 52.5 Å². The highest BCUT2D eigenvalue weighted by atomic mass is 32.2. The Morgan fingerprint density at radius 3 is 2.80 bits per heavy atom. The molecule has 0 fully saturated rings. The lowest BCUT2D eigenvalue weighted by atomic mass is 10.1. The minimum atomic E-state index is -3.56. The summed E-state index contributed by atoms with van der Waals surface area (Å²) in [5.74, 6) is 0. The zero-order valence-electron chi connectivity index (χ0n) is 16.3. The molecule has 0 radical (unpaired) electrons. The van der Waals surface area contributed by atoms with Crippen LogP contribution in [-0.4, -0.2) is 41.1 Å². The smallest absolute Gasteiger partial charge is 0.256 e. The van der Waals surface area contributed by atoms with Gasteiger partial charge in [-0.15, -0.1) is 0 Å². The predicted octanol–water partition coefficient (Wildman–Crippen LogP) is 1.67. The van der Waals surface area contributed by atoms with E-state index in [0.29, 0.717) is 42.9 Å². The molecule has 9 heteroatoms. The van der Waals surface area contributed by atoms with E-state index in [-0.39, 0.29) is 5.16 Å². The highest BCUT2D eigenvalue weighted by molar-refractivity contribution is 7.90. The number of hydrogen-bond acceptors (Lipinski definition) is 7. The lowest BCUT2D eigenvalue weighted by Crippen LogP contribution is -2.36. The number of nitriles is 1. The summed E-state index contributed by atoms with van der Waals surface area (Å²) < 4.78 is 23.4. The number of benzene rings is 1. The standard InChI is InChI=1S/C21H19N5O3S/c1-30(28,29)21-24-19-7-8-26(13-17(19)20(27)25-21)12-15-5-6-18(23-11-15)16-4-2-3-14(9-16)10-22/h2-6,9,11H,7-8,12-13H2,1H3,(H,24,25,27). The molecule has 0 bridgehead atoms. The van der Waals surface area contributed by atoms with Crippen molar-refractivity contribution in [3.8, 4) is 17.3 Å². The van der Waals surface area contributed by atoms with Gasteiger partial charge >= 0.3 is 0 Å². The first-order valence-electron chi connectivity index (χ1n) is 9.33. The molecule has 3 aromatic rings. The Kier molecular flexibility index (Phi) is 5.20. The number of rotatable bonds is 4. The van der Waals surface area contributed by atoms with Crippen LogP contribution in [0, 0.1) is 11.3 Å². The first kappa shape index (κ1) is 19.9. The summed E-state index contributed by atoms with van der Waals surface area (Å²) >= 11 is 0. The predicted molar refractivity (Wildman–Crippen MR) is 110 cm³/mol. The number of fused-ring (bicyclic) bond motifs is 1. The van der Waals surface area contributed by atoms with Crippen molar-refractivity contribution in [2.24, 2.45) is 0 Å². The van der Waals surface area contributed by atoms with Crippen molar-refractivity contribution >= 4 is 9.84 Å². The minimum Gasteiger partial charge on any atom is -0.297 e. The summed E-state index contributed by atoms with van der Waals surface area (Å²) in [6.07, 6.45) is 3.33. The monoisotopic (exact) mass is 421 g/mol. The van der Waals surface area contributed by atoms with Gasteiger partial charge in [-0.25, -0.2) is 13.4 Å². The molecule has 152 valence electrons. The molecule has 8 nitrogen and oxygen atoms in total. The maximum Gasteiger partial charge on any atom is 0.256 e. The van der Waals surface area contributed by atoms with E-state index >= 15 is 0 Å². The minimum absolute atomic E-state index is 0.278. The van der Waals surface area contributed by atoms with Crippen molar-refractivity contribution in [2.45, 2.75) is 24.7 Å². The van der Waals surface area contributed by atoms with Crippen LogP contribution in [0.25, 0.3) is 11.3 Å².